The molecule has 0 spiro atoms. The minimum atomic E-state index is -0.235. The lowest BCUT2D eigenvalue weighted by molar-refractivity contribution is -0.142. The van der Waals surface area contributed by atoms with Gasteiger partial charge in [0.15, 0.2) is 0 Å². The molecule has 0 aliphatic carbocycles. The molecule has 1 aliphatic heterocycles. The molecule has 1 aliphatic rings. The molecule has 0 radical (unpaired) electrons. The van der Waals surface area contributed by atoms with Crippen molar-refractivity contribution in [3.63, 3.8) is 0 Å². The average molecular weight is 305 g/mol. The molecule has 1 atom stereocenters. The molecule has 0 bridgehead atoms. The van der Waals surface area contributed by atoms with Gasteiger partial charge in [0.05, 0.1) is 13.2 Å². The first kappa shape index (κ1) is 16.3. The minimum Gasteiger partial charge on any atom is -0.493 e. The van der Waals surface area contributed by atoms with E-state index in [0.29, 0.717) is 25.6 Å². The van der Waals surface area contributed by atoms with Crippen molar-refractivity contribution in [2.75, 3.05) is 18.5 Å². The fourth-order valence-corrected chi connectivity index (χ4v) is 2.48. The number of benzene rings is 1. The molecule has 0 saturated carbocycles. The summed E-state index contributed by atoms with van der Waals surface area (Å²) in [7, 11) is 0. The minimum absolute atomic E-state index is 0.0592. The smallest absolute Gasteiger partial charge is 0.302 e. The summed E-state index contributed by atoms with van der Waals surface area (Å²) in [4.78, 5) is 22.1. The van der Waals surface area contributed by atoms with Crippen LogP contribution in [0.4, 0.5) is 5.69 Å². The van der Waals surface area contributed by atoms with Crippen LogP contribution in [0.2, 0.25) is 0 Å². The molecule has 22 heavy (non-hydrogen) atoms. The van der Waals surface area contributed by atoms with Gasteiger partial charge in [0.25, 0.3) is 0 Å². The van der Waals surface area contributed by atoms with Crippen LogP contribution in [0.25, 0.3) is 0 Å². The van der Waals surface area contributed by atoms with E-state index >= 15 is 0 Å². The topological polar surface area (TPSA) is 64.6 Å². The van der Waals surface area contributed by atoms with E-state index in [1.807, 2.05) is 18.2 Å². The molecular formula is C17H23NO4. The molecule has 0 saturated heterocycles. The lowest BCUT2D eigenvalue weighted by Crippen LogP contribution is -2.19. The Labute approximate surface area is 131 Å². The first-order valence-electron chi connectivity index (χ1n) is 7.74. The normalized spacial score (nSPS) is 14.7. The van der Waals surface area contributed by atoms with E-state index in [1.54, 1.807) is 0 Å². The molecule has 1 heterocycles. The summed E-state index contributed by atoms with van der Waals surface area (Å²) in [6.07, 6.45) is 3.07. The van der Waals surface area contributed by atoms with Crippen molar-refractivity contribution >= 4 is 17.6 Å². The predicted octanol–water partition coefficient (Wildman–Crippen LogP) is 2.93. The van der Waals surface area contributed by atoms with Crippen molar-refractivity contribution in [1.82, 2.24) is 0 Å². The highest BCUT2D eigenvalue weighted by molar-refractivity contribution is 5.94. The third-order valence-corrected chi connectivity index (χ3v) is 3.68. The number of hydrogen-bond acceptors (Lipinski definition) is 4. The Balaban J connectivity index is 1.77. The molecule has 1 aromatic rings. The molecule has 2 rings (SSSR count). The SMILES string of the molecule is CC(=O)OCC(C)CCCOc1cccc2c1CCC(=O)N2. The molecule has 5 nitrogen and oxygen atoms in total. The van der Waals surface area contributed by atoms with Crippen LogP contribution in [-0.2, 0) is 20.7 Å². The zero-order valence-corrected chi connectivity index (χ0v) is 13.2. The fourth-order valence-electron chi connectivity index (χ4n) is 2.48. The summed E-state index contributed by atoms with van der Waals surface area (Å²) < 4.78 is 10.8. The Kier molecular flexibility index (Phi) is 5.81. The zero-order chi connectivity index (χ0) is 15.9. The summed E-state index contributed by atoms with van der Waals surface area (Å²) in [6, 6.07) is 5.74. The number of carbonyl (C=O) groups excluding carboxylic acids is 2. The average Bonchev–Trinajstić information content (AvgIpc) is 2.49. The van der Waals surface area contributed by atoms with Crippen molar-refractivity contribution < 1.29 is 19.1 Å². The van der Waals surface area contributed by atoms with E-state index in [9.17, 15) is 9.59 Å². The zero-order valence-electron chi connectivity index (χ0n) is 13.2. The van der Waals surface area contributed by atoms with Gasteiger partial charge in [-0.25, -0.2) is 0 Å². The number of ether oxygens (including phenoxy) is 2. The predicted molar refractivity (Wildman–Crippen MR) is 83.9 cm³/mol. The highest BCUT2D eigenvalue weighted by atomic mass is 16.5. The van der Waals surface area contributed by atoms with Gasteiger partial charge in [-0.1, -0.05) is 13.0 Å². The van der Waals surface area contributed by atoms with Crippen molar-refractivity contribution in [1.29, 1.82) is 0 Å². The molecule has 1 amide bonds. The van der Waals surface area contributed by atoms with Gasteiger partial charge in [-0.2, -0.15) is 0 Å². The molecule has 0 aromatic heterocycles. The molecular weight excluding hydrogens is 282 g/mol. The molecule has 120 valence electrons. The van der Waals surface area contributed by atoms with E-state index in [0.717, 1.165) is 36.3 Å². The van der Waals surface area contributed by atoms with E-state index < -0.39 is 0 Å². The van der Waals surface area contributed by atoms with Crippen LogP contribution in [0.1, 0.15) is 38.7 Å². The van der Waals surface area contributed by atoms with E-state index in [4.69, 9.17) is 9.47 Å². The molecule has 1 unspecified atom stereocenters. The number of nitrogens with one attached hydrogen (secondary N) is 1. The molecule has 5 heteroatoms. The van der Waals surface area contributed by atoms with Crippen LogP contribution >= 0.6 is 0 Å². The van der Waals surface area contributed by atoms with Crippen LogP contribution < -0.4 is 10.1 Å². The van der Waals surface area contributed by atoms with Gasteiger partial charge >= 0.3 is 5.97 Å². The van der Waals surface area contributed by atoms with Crippen molar-refractivity contribution in [2.45, 2.75) is 39.5 Å². The number of esters is 1. The van der Waals surface area contributed by atoms with Gasteiger partial charge < -0.3 is 14.8 Å². The van der Waals surface area contributed by atoms with Gasteiger partial charge in [0, 0.05) is 24.6 Å². The van der Waals surface area contributed by atoms with Crippen molar-refractivity contribution in [2.24, 2.45) is 5.92 Å². The Morgan fingerprint density at radius 3 is 2.95 bits per heavy atom. The van der Waals surface area contributed by atoms with Crippen molar-refractivity contribution in [3.8, 4) is 5.75 Å². The lowest BCUT2D eigenvalue weighted by Gasteiger charge is -2.20. The fraction of sp³-hybridized carbons (Fsp3) is 0.529. The maximum atomic E-state index is 11.4. The van der Waals surface area contributed by atoms with Gasteiger partial charge in [-0.3, -0.25) is 9.59 Å². The Morgan fingerprint density at radius 2 is 2.18 bits per heavy atom. The summed E-state index contributed by atoms with van der Waals surface area (Å²) in [5, 5.41) is 2.87. The van der Waals surface area contributed by atoms with Crippen molar-refractivity contribution in [3.05, 3.63) is 23.8 Å². The summed E-state index contributed by atoms with van der Waals surface area (Å²) >= 11 is 0. The van der Waals surface area contributed by atoms with Crippen LogP contribution in [-0.4, -0.2) is 25.1 Å². The van der Waals surface area contributed by atoms with E-state index in [1.165, 1.54) is 6.92 Å². The highest BCUT2D eigenvalue weighted by Gasteiger charge is 2.18. The van der Waals surface area contributed by atoms with Crippen LogP contribution in [0.3, 0.4) is 0 Å². The van der Waals surface area contributed by atoms with Gasteiger partial charge in [0.1, 0.15) is 5.75 Å². The maximum Gasteiger partial charge on any atom is 0.302 e. The third-order valence-electron chi connectivity index (χ3n) is 3.68. The molecule has 0 fully saturated rings. The van der Waals surface area contributed by atoms with Crippen LogP contribution in [0.5, 0.6) is 5.75 Å². The Morgan fingerprint density at radius 1 is 1.36 bits per heavy atom. The quantitative estimate of drug-likeness (QED) is 0.621. The summed E-state index contributed by atoms with van der Waals surface area (Å²) in [6.45, 7) is 4.56. The second kappa shape index (κ2) is 7.82. The number of carbonyl (C=O) groups is 2. The second-order valence-corrected chi connectivity index (χ2v) is 5.73. The van der Waals surface area contributed by atoms with E-state index in [-0.39, 0.29) is 11.9 Å². The van der Waals surface area contributed by atoms with Gasteiger partial charge in [-0.15, -0.1) is 0 Å². The maximum absolute atomic E-state index is 11.4. The highest BCUT2D eigenvalue weighted by Crippen LogP contribution is 2.31. The lowest BCUT2D eigenvalue weighted by atomic mass is 10.0. The van der Waals surface area contributed by atoms with Gasteiger partial charge in [0.2, 0.25) is 5.91 Å². The third kappa shape index (κ3) is 4.76. The second-order valence-electron chi connectivity index (χ2n) is 5.73. The Bertz CT molecular complexity index is 541. The summed E-state index contributed by atoms with van der Waals surface area (Å²) in [5.41, 5.74) is 1.94. The summed E-state index contributed by atoms with van der Waals surface area (Å²) in [5.74, 6) is 1.01. The first-order chi connectivity index (χ1) is 10.6. The van der Waals surface area contributed by atoms with Crippen LogP contribution in [0, 0.1) is 5.92 Å². The van der Waals surface area contributed by atoms with Crippen LogP contribution in [0.15, 0.2) is 18.2 Å². The monoisotopic (exact) mass is 305 g/mol. The number of hydrogen-bond donors (Lipinski definition) is 1. The Hall–Kier alpha value is -2.04. The molecule has 1 N–H and O–H groups in total. The number of anilines is 1. The molecule has 1 aromatic carbocycles. The number of rotatable bonds is 7. The first-order valence-corrected chi connectivity index (χ1v) is 7.74. The van der Waals surface area contributed by atoms with E-state index in [2.05, 4.69) is 12.2 Å². The number of amides is 1. The number of fused-ring (bicyclic) bond motifs is 1. The standard InChI is InChI=1S/C17H23NO4/c1-12(11-22-13(2)19)5-4-10-21-16-7-3-6-15-14(16)8-9-17(20)18-15/h3,6-7,12H,4-5,8-11H2,1-2H3,(H,18,20). The van der Waals surface area contributed by atoms with Gasteiger partial charge in [-0.05, 0) is 37.3 Å². The largest absolute Gasteiger partial charge is 0.493 e.